The lowest BCUT2D eigenvalue weighted by atomic mass is 10.1. The van der Waals surface area contributed by atoms with E-state index in [2.05, 4.69) is 15.0 Å². The van der Waals surface area contributed by atoms with Crippen molar-refractivity contribution in [2.24, 2.45) is 0 Å². The van der Waals surface area contributed by atoms with Gasteiger partial charge in [0.1, 0.15) is 12.4 Å². The summed E-state index contributed by atoms with van der Waals surface area (Å²) in [5.74, 6) is 1.73. The van der Waals surface area contributed by atoms with Gasteiger partial charge in [0.25, 0.3) is 0 Å². The minimum absolute atomic E-state index is 0.275. The molecule has 3 aromatic rings. The number of hydrogen-bond donors (Lipinski definition) is 0. The normalized spacial score (nSPS) is 15.5. The second-order valence-corrected chi connectivity index (χ2v) is 10.3. The summed E-state index contributed by atoms with van der Waals surface area (Å²) in [6.07, 6.45) is 0. The van der Waals surface area contributed by atoms with Crippen molar-refractivity contribution in [3.63, 3.8) is 0 Å². The average Bonchev–Trinajstić information content (AvgIpc) is 3.29. The first-order valence-electron chi connectivity index (χ1n) is 11.2. The minimum Gasteiger partial charge on any atom is -0.491 e. The van der Waals surface area contributed by atoms with E-state index in [9.17, 15) is 8.42 Å². The summed E-state index contributed by atoms with van der Waals surface area (Å²) < 4.78 is 43.9. The van der Waals surface area contributed by atoms with Crippen molar-refractivity contribution >= 4 is 10.0 Å². The molecular weight excluding hydrogens is 456 g/mol. The number of aromatic nitrogens is 2. The van der Waals surface area contributed by atoms with Crippen LogP contribution in [0.1, 0.15) is 17.0 Å². The zero-order chi connectivity index (χ0) is 24.1. The van der Waals surface area contributed by atoms with Crippen LogP contribution in [-0.4, -0.2) is 74.3 Å². The topological polar surface area (TPSA) is 98.0 Å². The van der Waals surface area contributed by atoms with Crippen LogP contribution in [0.2, 0.25) is 0 Å². The van der Waals surface area contributed by atoms with Crippen molar-refractivity contribution in [1.29, 1.82) is 0 Å². The Morgan fingerprint density at radius 1 is 1.00 bits per heavy atom. The Balaban J connectivity index is 1.34. The third kappa shape index (κ3) is 5.64. The Kier molecular flexibility index (Phi) is 7.62. The van der Waals surface area contributed by atoms with Gasteiger partial charge < -0.3 is 14.0 Å². The van der Waals surface area contributed by atoms with Crippen LogP contribution in [0.4, 0.5) is 0 Å². The Labute approximate surface area is 200 Å². The summed E-state index contributed by atoms with van der Waals surface area (Å²) in [4.78, 5) is 6.89. The Morgan fingerprint density at radius 3 is 2.41 bits per heavy atom. The van der Waals surface area contributed by atoms with Gasteiger partial charge in [-0.05, 0) is 37.6 Å². The van der Waals surface area contributed by atoms with Gasteiger partial charge in [-0.25, -0.2) is 8.42 Å². The van der Waals surface area contributed by atoms with Gasteiger partial charge in [-0.15, -0.1) is 0 Å². The molecule has 0 radical (unpaired) electrons. The molecule has 1 aromatic heterocycles. The minimum atomic E-state index is -3.58. The fraction of sp³-hybridized carbons (Fsp3) is 0.417. The monoisotopic (exact) mass is 486 g/mol. The summed E-state index contributed by atoms with van der Waals surface area (Å²) in [5.41, 5.74) is 2.85. The molecule has 4 rings (SSSR count). The Bertz CT molecular complexity index is 1200. The van der Waals surface area contributed by atoms with Crippen molar-refractivity contribution in [2.75, 3.05) is 46.5 Å². The predicted molar refractivity (Wildman–Crippen MR) is 127 cm³/mol. The summed E-state index contributed by atoms with van der Waals surface area (Å²) in [5, 5.41) is 4.08. The van der Waals surface area contributed by atoms with Crippen LogP contribution < -0.4 is 4.74 Å². The van der Waals surface area contributed by atoms with Gasteiger partial charge in [0.15, 0.2) is 0 Å². The summed E-state index contributed by atoms with van der Waals surface area (Å²) in [6.45, 7) is 7.20. The molecule has 0 aliphatic carbocycles. The summed E-state index contributed by atoms with van der Waals surface area (Å²) in [6, 6.07) is 12.9. The second-order valence-electron chi connectivity index (χ2n) is 8.33. The Hall–Kier alpha value is -2.79. The molecule has 2 aromatic carbocycles. The number of rotatable bonds is 9. The third-order valence-corrected chi connectivity index (χ3v) is 7.69. The predicted octanol–water partition coefficient (Wildman–Crippen LogP) is 2.89. The molecule has 182 valence electrons. The smallest absolute Gasteiger partial charge is 0.243 e. The lowest BCUT2D eigenvalue weighted by Gasteiger charge is -2.33. The maximum atomic E-state index is 13.2. The highest BCUT2D eigenvalue weighted by Gasteiger charge is 2.29. The maximum absolute atomic E-state index is 13.2. The van der Waals surface area contributed by atoms with Crippen LogP contribution in [0.3, 0.4) is 0 Å². The fourth-order valence-electron chi connectivity index (χ4n) is 3.79. The number of piperazine rings is 1. The zero-order valence-corrected chi connectivity index (χ0v) is 20.5. The number of sulfonamides is 1. The van der Waals surface area contributed by atoms with Crippen LogP contribution in [0, 0.1) is 13.8 Å². The molecule has 1 saturated heterocycles. The van der Waals surface area contributed by atoms with Crippen LogP contribution >= 0.6 is 0 Å². The highest BCUT2D eigenvalue weighted by Crippen LogP contribution is 2.25. The summed E-state index contributed by atoms with van der Waals surface area (Å²) >= 11 is 0. The highest BCUT2D eigenvalue weighted by molar-refractivity contribution is 7.89. The lowest BCUT2D eigenvalue weighted by molar-refractivity contribution is 0.146. The van der Waals surface area contributed by atoms with E-state index in [1.165, 1.54) is 9.87 Å². The second kappa shape index (κ2) is 10.6. The molecule has 0 unspecified atom stereocenters. The molecule has 0 N–H and O–H groups in total. The largest absolute Gasteiger partial charge is 0.491 e. The molecule has 1 aliphatic rings. The number of ether oxygens (including phenoxy) is 2. The number of nitrogens with zero attached hydrogens (tertiary/aromatic N) is 4. The molecule has 0 atom stereocenters. The van der Waals surface area contributed by atoms with Crippen LogP contribution in [0.25, 0.3) is 11.4 Å². The SMILES string of the molecule is COCCOc1ccc(S(=O)(=O)N2CCN(Cc3nc(-c4ccc(C)cc4)no3)CC2)cc1C. The summed E-state index contributed by atoms with van der Waals surface area (Å²) in [7, 11) is -1.98. The van der Waals surface area contributed by atoms with Crippen molar-refractivity contribution < 1.29 is 22.4 Å². The first kappa shape index (κ1) is 24.3. The van der Waals surface area contributed by atoms with E-state index in [4.69, 9.17) is 14.0 Å². The molecule has 0 saturated carbocycles. The van der Waals surface area contributed by atoms with Gasteiger partial charge in [0.05, 0.1) is 18.0 Å². The molecule has 10 heteroatoms. The van der Waals surface area contributed by atoms with Crippen molar-refractivity contribution in [1.82, 2.24) is 19.3 Å². The first-order valence-corrected chi connectivity index (χ1v) is 12.7. The molecule has 0 spiro atoms. The van der Waals surface area contributed by atoms with E-state index >= 15 is 0 Å². The molecule has 2 heterocycles. The molecule has 1 aliphatic heterocycles. The first-order chi connectivity index (χ1) is 16.4. The molecular formula is C24H30N4O5S. The maximum Gasteiger partial charge on any atom is 0.243 e. The third-order valence-electron chi connectivity index (χ3n) is 5.80. The standard InChI is InChI=1S/C24H30N4O5S/c1-18-4-6-20(7-5-18)24-25-23(33-26-24)17-27-10-12-28(13-11-27)34(29,30)21-8-9-22(19(2)16-21)32-15-14-31-3/h4-9,16H,10-15,17H2,1-3H3. The number of aryl methyl sites for hydroxylation is 2. The molecule has 9 nitrogen and oxygen atoms in total. The van der Waals surface area contributed by atoms with Crippen molar-refractivity contribution in [2.45, 2.75) is 25.3 Å². The van der Waals surface area contributed by atoms with Gasteiger partial charge in [0, 0.05) is 38.9 Å². The molecule has 1 fully saturated rings. The van der Waals surface area contributed by atoms with E-state index in [0.29, 0.717) is 63.4 Å². The number of hydrogen-bond acceptors (Lipinski definition) is 8. The van der Waals surface area contributed by atoms with Crippen molar-refractivity contribution in [3.05, 3.63) is 59.5 Å². The van der Waals surface area contributed by atoms with E-state index < -0.39 is 10.0 Å². The van der Waals surface area contributed by atoms with E-state index in [-0.39, 0.29) is 4.90 Å². The van der Waals surface area contributed by atoms with Gasteiger partial charge in [-0.1, -0.05) is 35.0 Å². The van der Waals surface area contributed by atoms with Crippen LogP contribution in [0.5, 0.6) is 5.75 Å². The number of methoxy groups -OCH3 is 1. The Morgan fingerprint density at radius 2 is 1.74 bits per heavy atom. The molecule has 34 heavy (non-hydrogen) atoms. The van der Waals surface area contributed by atoms with E-state index in [1.807, 2.05) is 38.1 Å². The average molecular weight is 487 g/mol. The van der Waals surface area contributed by atoms with Crippen LogP contribution in [0.15, 0.2) is 51.9 Å². The quantitative estimate of drug-likeness (QED) is 0.426. The van der Waals surface area contributed by atoms with E-state index in [1.54, 1.807) is 25.3 Å². The lowest BCUT2D eigenvalue weighted by Crippen LogP contribution is -2.48. The highest BCUT2D eigenvalue weighted by atomic mass is 32.2. The molecule has 0 bridgehead atoms. The van der Waals surface area contributed by atoms with Gasteiger partial charge in [-0.2, -0.15) is 9.29 Å². The van der Waals surface area contributed by atoms with E-state index in [0.717, 1.165) is 11.1 Å². The fourth-order valence-corrected chi connectivity index (χ4v) is 5.29. The van der Waals surface area contributed by atoms with Crippen molar-refractivity contribution in [3.8, 4) is 17.1 Å². The van der Waals surface area contributed by atoms with Crippen LogP contribution in [-0.2, 0) is 21.3 Å². The number of benzene rings is 2. The van der Waals surface area contributed by atoms with Gasteiger partial charge in [0.2, 0.25) is 21.7 Å². The van der Waals surface area contributed by atoms with Gasteiger partial charge >= 0.3 is 0 Å². The molecule has 0 amide bonds. The zero-order valence-electron chi connectivity index (χ0n) is 19.7. The van der Waals surface area contributed by atoms with Gasteiger partial charge in [-0.3, -0.25) is 4.90 Å².